The number of nitrogens with one attached hydrogen (secondary N) is 1. The van der Waals surface area contributed by atoms with Crippen molar-refractivity contribution in [3.8, 4) is 0 Å². The predicted molar refractivity (Wildman–Crippen MR) is 50.1 cm³/mol. The Bertz CT molecular complexity index is 179. The van der Waals surface area contributed by atoms with E-state index in [-0.39, 0.29) is 0 Å². The van der Waals surface area contributed by atoms with Crippen molar-refractivity contribution >= 4 is 16.9 Å². The summed E-state index contributed by atoms with van der Waals surface area (Å²) in [7, 11) is 0. The van der Waals surface area contributed by atoms with Crippen molar-refractivity contribution in [2.45, 2.75) is 37.8 Å². The first-order chi connectivity index (χ1) is 5.40. The minimum absolute atomic E-state index is 0.603. The molecular formula is C8H14N2S. The number of fused-ring (bicyclic) bond motifs is 1. The number of nitrogens with zero attached hydrogens (tertiary/aromatic N) is 1. The number of rotatable bonds is 0. The molecule has 0 unspecified atom stereocenters. The topological polar surface area (TPSA) is 24.4 Å². The van der Waals surface area contributed by atoms with Gasteiger partial charge in [0.1, 0.15) is 0 Å². The van der Waals surface area contributed by atoms with Gasteiger partial charge in [-0.15, -0.1) is 0 Å². The van der Waals surface area contributed by atoms with Crippen molar-refractivity contribution in [2.75, 3.05) is 6.26 Å². The van der Waals surface area contributed by atoms with Crippen LogP contribution in [-0.4, -0.2) is 23.5 Å². The lowest BCUT2D eigenvalue weighted by Crippen LogP contribution is -2.35. The molecule has 62 valence electrons. The van der Waals surface area contributed by atoms with Crippen molar-refractivity contribution in [1.82, 2.24) is 5.32 Å². The van der Waals surface area contributed by atoms with Gasteiger partial charge in [-0.25, -0.2) is 0 Å². The van der Waals surface area contributed by atoms with Gasteiger partial charge in [0.05, 0.1) is 12.1 Å². The highest BCUT2D eigenvalue weighted by molar-refractivity contribution is 8.13. The lowest BCUT2D eigenvalue weighted by atomic mass is 9.92. The number of thioether (sulfide) groups is 1. The molecule has 1 heterocycles. The van der Waals surface area contributed by atoms with Crippen LogP contribution in [0.2, 0.25) is 0 Å². The number of aliphatic imine (C=N–C) groups is 1. The smallest absolute Gasteiger partial charge is 0.156 e. The van der Waals surface area contributed by atoms with Gasteiger partial charge < -0.3 is 5.32 Å². The Morgan fingerprint density at radius 1 is 1.45 bits per heavy atom. The van der Waals surface area contributed by atoms with Crippen LogP contribution >= 0.6 is 11.8 Å². The van der Waals surface area contributed by atoms with Crippen LogP contribution in [0.5, 0.6) is 0 Å². The first-order valence-electron chi connectivity index (χ1n) is 4.28. The molecule has 0 radical (unpaired) electrons. The van der Waals surface area contributed by atoms with Crippen LogP contribution < -0.4 is 5.32 Å². The van der Waals surface area contributed by atoms with Gasteiger partial charge in [0.2, 0.25) is 0 Å². The third-order valence-corrected chi connectivity index (χ3v) is 3.12. The zero-order valence-electron chi connectivity index (χ0n) is 6.84. The van der Waals surface area contributed by atoms with Crippen molar-refractivity contribution < 1.29 is 0 Å². The second kappa shape index (κ2) is 3.05. The SMILES string of the molecule is CSC1=N[C@@H]2CCCC[C@H]2N1. The monoisotopic (exact) mass is 170 g/mol. The fraction of sp³-hybridized carbons (Fsp3) is 0.875. The summed E-state index contributed by atoms with van der Waals surface area (Å²) in [6.45, 7) is 0. The van der Waals surface area contributed by atoms with Gasteiger partial charge in [-0.2, -0.15) is 0 Å². The van der Waals surface area contributed by atoms with Gasteiger partial charge in [0, 0.05) is 0 Å². The quantitative estimate of drug-likeness (QED) is 0.597. The van der Waals surface area contributed by atoms with E-state index in [1.165, 1.54) is 25.7 Å². The Morgan fingerprint density at radius 2 is 2.27 bits per heavy atom. The summed E-state index contributed by atoms with van der Waals surface area (Å²) < 4.78 is 0. The summed E-state index contributed by atoms with van der Waals surface area (Å²) in [4.78, 5) is 4.60. The van der Waals surface area contributed by atoms with Crippen molar-refractivity contribution in [2.24, 2.45) is 4.99 Å². The normalized spacial score (nSPS) is 35.9. The first kappa shape index (κ1) is 7.47. The molecule has 2 nitrogen and oxygen atoms in total. The number of hydrogen-bond acceptors (Lipinski definition) is 3. The lowest BCUT2D eigenvalue weighted by Gasteiger charge is -2.22. The molecule has 2 aliphatic rings. The molecule has 2 atom stereocenters. The highest BCUT2D eigenvalue weighted by Crippen LogP contribution is 2.26. The summed E-state index contributed by atoms with van der Waals surface area (Å²) in [6, 6.07) is 1.28. The van der Waals surface area contributed by atoms with Crippen LogP contribution in [0.1, 0.15) is 25.7 Å². The van der Waals surface area contributed by atoms with Crippen LogP contribution in [0.25, 0.3) is 0 Å². The van der Waals surface area contributed by atoms with Gasteiger partial charge >= 0.3 is 0 Å². The fourth-order valence-electron chi connectivity index (χ4n) is 1.89. The average Bonchev–Trinajstić information content (AvgIpc) is 2.46. The molecule has 1 fully saturated rings. The molecule has 0 spiro atoms. The van der Waals surface area contributed by atoms with E-state index in [0.717, 1.165) is 5.17 Å². The van der Waals surface area contributed by atoms with E-state index in [1.807, 2.05) is 0 Å². The molecule has 0 bridgehead atoms. The van der Waals surface area contributed by atoms with Gasteiger partial charge in [0.15, 0.2) is 5.17 Å². The molecule has 1 aliphatic heterocycles. The zero-order valence-corrected chi connectivity index (χ0v) is 7.66. The minimum Gasteiger partial charge on any atom is -0.360 e. The molecule has 0 amide bonds. The molecule has 11 heavy (non-hydrogen) atoms. The Labute approximate surface area is 71.9 Å². The van der Waals surface area contributed by atoms with E-state index in [0.29, 0.717) is 12.1 Å². The molecule has 0 aromatic heterocycles. The molecule has 0 saturated heterocycles. The minimum atomic E-state index is 0.603. The molecular weight excluding hydrogens is 156 g/mol. The Balaban J connectivity index is 2.02. The van der Waals surface area contributed by atoms with Gasteiger partial charge in [-0.1, -0.05) is 24.6 Å². The number of hydrogen-bond donors (Lipinski definition) is 1. The van der Waals surface area contributed by atoms with Gasteiger partial charge in [-0.3, -0.25) is 4.99 Å². The maximum absolute atomic E-state index is 4.60. The van der Waals surface area contributed by atoms with E-state index >= 15 is 0 Å². The third-order valence-electron chi connectivity index (χ3n) is 2.51. The predicted octanol–water partition coefficient (Wildman–Crippen LogP) is 1.62. The first-order valence-corrected chi connectivity index (χ1v) is 5.51. The summed E-state index contributed by atoms with van der Waals surface area (Å²) in [5.74, 6) is 0. The van der Waals surface area contributed by atoms with E-state index in [4.69, 9.17) is 0 Å². The maximum Gasteiger partial charge on any atom is 0.156 e. The summed E-state index contributed by atoms with van der Waals surface area (Å²) in [6.07, 6.45) is 7.45. The van der Waals surface area contributed by atoms with E-state index < -0.39 is 0 Å². The molecule has 1 N–H and O–H groups in total. The molecule has 0 aromatic carbocycles. The third kappa shape index (κ3) is 1.39. The summed E-state index contributed by atoms with van der Waals surface area (Å²) in [5.41, 5.74) is 0. The average molecular weight is 170 g/mol. The molecule has 1 saturated carbocycles. The Hall–Kier alpha value is -0.180. The zero-order chi connectivity index (χ0) is 7.68. The van der Waals surface area contributed by atoms with Crippen LogP contribution in [0.3, 0.4) is 0 Å². The Kier molecular flexibility index (Phi) is 2.07. The standard InChI is InChI=1S/C8H14N2S/c1-11-8-9-6-4-2-3-5-7(6)10-8/h6-7H,2-5H2,1H3,(H,9,10)/t6-,7-/m1/s1. The molecule has 0 aromatic rings. The van der Waals surface area contributed by atoms with Crippen LogP contribution in [0.15, 0.2) is 4.99 Å². The van der Waals surface area contributed by atoms with E-state index in [9.17, 15) is 0 Å². The summed E-state index contributed by atoms with van der Waals surface area (Å²) >= 11 is 1.74. The van der Waals surface area contributed by atoms with E-state index in [2.05, 4.69) is 16.6 Å². The van der Waals surface area contributed by atoms with Crippen LogP contribution in [0.4, 0.5) is 0 Å². The van der Waals surface area contributed by atoms with Crippen LogP contribution in [-0.2, 0) is 0 Å². The van der Waals surface area contributed by atoms with Crippen molar-refractivity contribution in [3.05, 3.63) is 0 Å². The fourth-order valence-corrected chi connectivity index (χ4v) is 2.40. The lowest BCUT2D eigenvalue weighted by molar-refractivity contribution is 0.385. The second-order valence-corrected chi connectivity index (χ2v) is 4.04. The highest BCUT2D eigenvalue weighted by Gasteiger charge is 2.29. The van der Waals surface area contributed by atoms with Gasteiger partial charge in [0.25, 0.3) is 0 Å². The van der Waals surface area contributed by atoms with Gasteiger partial charge in [-0.05, 0) is 19.1 Å². The molecule has 2 rings (SSSR count). The molecule has 3 heteroatoms. The summed E-state index contributed by atoms with van der Waals surface area (Å²) in [5, 5.41) is 4.61. The molecule has 1 aliphatic carbocycles. The van der Waals surface area contributed by atoms with E-state index in [1.54, 1.807) is 11.8 Å². The maximum atomic E-state index is 4.60. The van der Waals surface area contributed by atoms with Crippen molar-refractivity contribution in [1.29, 1.82) is 0 Å². The highest BCUT2D eigenvalue weighted by atomic mass is 32.2. The van der Waals surface area contributed by atoms with Crippen LogP contribution in [0, 0.1) is 0 Å². The second-order valence-electron chi connectivity index (χ2n) is 3.24. The largest absolute Gasteiger partial charge is 0.360 e. The Morgan fingerprint density at radius 3 is 3.00 bits per heavy atom. The van der Waals surface area contributed by atoms with Crippen molar-refractivity contribution in [3.63, 3.8) is 0 Å². The number of amidine groups is 1.